The average molecular weight is 446 g/mol. The van der Waals surface area contributed by atoms with Crippen molar-refractivity contribution in [2.75, 3.05) is 5.32 Å². The highest BCUT2D eigenvalue weighted by atomic mass is 32.2. The van der Waals surface area contributed by atoms with Gasteiger partial charge in [-0.25, -0.2) is 0 Å². The number of carbonyl (C=O) groups excluding carboxylic acids is 1. The number of nitrogens with two attached hydrogens (primary N) is 1. The third-order valence-corrected chi connectivity index (χ3v) is 5.80. The predicted molar refractivity (Wildman–Crippen MR) is 125 cm³/mol. The molecule has 0 aliphatic rings. The van der Waals surface area contributed by atoms with Gasteiger partial charge in [0.1, 0.15) is 0 Å². The Hall–Kier alpha value is -3.62. The zero-order chi connectivity index (χ0) is 22.7. The van der Waals surface area contributed by atoms with Gasteiger partial charge >= 0.3 is 0 Å². The largest absolute Gasteiger partial charge is 0.772 e. The molecule has 1 unspecified atom stereocenters. The van der Waals surface area contributed by atoms with Crippen molar-refractivity contribution in [2.24, 2.45) is 5.73 Å². The Kier molecular flexibility index (Phi) is 6.25. The SMILES string of the molecule is C[C@@H](Nc1c(C(N)=O)nnc2cc(-c3ccc(CS(=O)[O-])cc3)ccc12)c1ccccc1. The molecular weight excluding hydrogens is 424 g/mol. The van der Waals surface area contributed by atoms with Crippen LogP contribution in [0.1, 0.15) is 34.6 Å². The Balaban J connectivity index is 1.72. The van der Waals surface area contributed by atoms with Gasteiger partial charge in [-0.15, -0.1) is 10.2 Å². The molecule has 0 fully saturated rings. The molecule has 0 aliphatic heterocycles. The number of carbonyl (C=O) groups is 1. The number of aromatic nitrogens is 2. The van der Waals surface area contributed by atoms with Crippen molar-refractivity contribution >= 4 is 33.6 Å². The van der Waals surface area contributed by atoms with Crippen molar-refractivity contribution in [1.29, 1.82) is 0 Å². The summed E-state index contributed by atoms with van der Waals surface area (Å²) in [6.45, 7) is 2.00. The van der Waals surface area contributed by atoms with E-state index in [4.69, 9.17) is 5.73 Å². The van der Waals surface area contributed by atoms with Gasteiger partial charge in [0.15, 0.2) is 5.69 Å². The fourth-order valence-electron chi connectivity index (χ4n) is 3.58. The molecule has 1 amide bonds. The van der Waals surface area contributed by atoms with Crippen LogP contribution in [0.4, 0.5) is 5.69 Å². The van der Waals surface area contributed by atoms with Crippen LogP contribution in [0.15, 0.2) is 72.8 Å². The molecule has 3 aromatic carbocycles. The van der Waals surface area contributed by atoms with Crippen molar-refractivity contribution in [1.82, 2.24) is 10.2 Å². The number of primary amides is 1. The number of hydrogen-bond acceptors (Lipinski definition) is 6. The van der Waals surface area contributed by atoms with E-state index in [0.717, 1.165) is 27.6 Å². The zero-order valence-corrected chi connectivity index (χ0v) is 18.1. The zero-order valence-electron chi connectivity index (χ0n) is 17.3. The Bertz CT molecular complexity index is 1290. The average Bonchev–Trinajstić information content (AvgIpc) is 2.79. The van der Waals surface area contributed by atoms with E-state index < -0.39 is 17.0 Å². The lowest BCUT2D eigenvalue weighted by Gasteiger charge is -2.19. The number of rotatable bonds is 7. The second-order valence-electron chi connectivity index (χ2n) is 7.44. The third-order valence-electron chi connectivity index (χ3n) is 5.23. The molecule has 1 aromatic heterocycles. The molecule has 4 rings (SSSR count). The summed E-state index contributed by atoms with van der Waals surface area (Å²) in [6.07, 6.45) is 0. The number of benzene rings is 3. The lowest BCUT2D eigenvalue weighted by atomic mass is 10.0. The molecule has 0 bridgehead atoms. The van der Waals surface area contributed by atoms with Crippen molar-refractivity contribution < 1.29 is 13.6 Å². The first-order valence-corrected chi connectivity index (χ1v) is 11.2. The van der Waals surface area contributed by atoms with Gasteiger partial charge in [-0.05, 0) is 41.3 Å². The molecule has 0 radical (unpaired) electrons. The van der Waals surface area contributed by atoms with Crippen molar-refractivity contribution in [3.8, 4) is 11.1 Å². The maximum absolute atomic E-state index is 12.0. The number of hydrogen-bond donors (Lipinski definition) is 2. The molecule has 0 saturated carbocycles. The van der Waals surface area contributed by atoms with E-state index in [9.17, 15) is 13.6 Å². The van der Waals surface area contributed by atoms with E-state index in [2.05, 4.69) is 15.5 Å². The summed E-state index contributed by atoms with van der Waals surface area (Å²) in [4.78, 5) is 12.0. The van der Waals surface area contributed by atoms with E-state index in [0.29, 0.717) is 11.2 Å². The third kappa shape index (κ3) is 4.66. The van der Waals surface area contributed by atoms with Crippen LogP contribution in [0.5, 0.6) is 0 Å². The molecule has 0 spiro atoms. The van der Waals surface area contributed by atoms with Crippen LogP contribution in [0.25, 0.3) is 22.0 Å². The fraction of sp³-hybridized carbons (Fsp3) is 0.125. The number of anilines is 1. The molecule has 3 N–H and O–H groups in total. The summed E-state index contributed by atoms with van der Waals surface area (Å²) < 4.78 is 21.8. The normalized spacial score (nSPS) is 12.9. The minimum Gasteiger partial charge on any atom is -0.772 e. The number of nitrogens with one attached hydrogen (secondary N) is 1. The van der Waals surface area contributed by atoms with Gasteiger partial charge in [0.25, 0.3) is 5.91 Å². The van der Waals surface area contributed by atoms with E-state index in [1.807, 2.05) is 67.6 Å². The van der Waals surface area contributed by atoms with Gasteiger partial charge in [-0.2, -0.15) is 0 Å². The van der Waals surface area contributed by atoms with E-state index in [-0.39, 0.29) is 17.5 Å². The van der Waals surface area contributed by atoms with Gasteiger partial charge in [-0.1, -0.05) is 71.7 Å². The van der Waals surface area contributed by atoms with Crippen LogP contribution in [-0.2, 0) is 16.8 Å². The number of fused-ring (bicyclic) bond motifs is 1. The fourth-order valence-corrected chi connectivity index (χ4v) is 4.04. The molecule has 2 atom stereocenters. The Morgan fingerprint density at radius 2 is 1.72 bits per heavy atom. The molecule has 8 heteroatoms. The van der Waals surface area contributed by atoms with Crippen molar-refractivity contribution in [3.05, 3.63) is 89.6 Å². The summed E-state index contributed by atoms with van der Waals surface area (Å²) in [6, 6.07) is 22.8. The topological polar surface area (TPSA) is 121 Å². The van der Waals surface area contributed by atoms with E-state index in [1.165, 1.54) is 0 Å². The minimum absolute atomic E-state index is 0.0198. The predicted octanol–water partition coefficient (Wildman–Crippen LogP) is 3.95. The van der Waals surface area contributed by atoms with E-state index >= 15 is 0 Å². The highest BCUT2D eigenvalue weighted by Gasteiger charge is 2.18. The van der Waals surface area contributed by atoms with Crippen molar-refractivity contribution in [3.63, 3.8) is 0 Å². The first-order valence-electron chi connectivity index (χ1n) is 9.99. The summed E-state index contributed by atoms with van der Waals surface area (Å²) in [5.74, 6) is -0.675. The Morgan fingerprint density at radius 3 is 2.38 bits per heavy atom. The van der Waals surface area contributed by atoms with Crippen LogP contribution < -0.4 is 11.1 Å². The van der Waals surface area contributed by atoms with Gasteiger partial charge in [0, 0.05) is 17.2 Å². The monoisotopic (exact) mass is 445 g/mol. The second-order valence-corrected chi connectivity index (χ2v) is 8.34. The van der Waals surface area contributed by atoms with Crippen LogP contribution in [0.2, 0.25) is 0 Å². The lowest BCUT2D eigenvalue weighted by Crippen LogP contribution is -2.19. The molecule has 1 heterocycles. The summed E-state index contributed by atoms with van der Waals surface area (Å²) in [5, 5.41) is 12.4. The van der Waals surface area contributed by atoms with Crippen LogP contribution in [0.3, 0.4) is 0 Å². The van der Waals surface area contributed by atoms with Gasteiger partial charge in [0.05, 0.1) is 11.2 Å². The lowest BCUT2D eigenvalue weighted by molar-refractivity contribution is 0.0995. The van der Waals surface area contributed by atoms with Crippen LogP contribution in [0, 0.1) is 0 Å². The molecule has 32 heavy (non-hydrogen) atoms. The van der Waals surface area contributed by atoms with Gasteiger partial charge in [-0.3, -0.25) is 9.00 Å². The maximum Gasteiger partial charge on any atom is 0.271 e. The number of amides is 1. The summed E-state index contributed by atoms with van der Waals surface area (Å²) in [5.41, 5.74) is 10.4. The molecule has 0 saturated heterocycles. The van der Waals surface area contributed by atoms with Crippen LogP contribution >= 0.6 is 0 Å². The Morgan fingerprint density at radius 1 is 1.03 bits per heavy atom. The highest BCUT2D eigenvalue weighted by Crippen LogP contribution is 2.31. The number of nitrogens with zero attached hydrogens (tertiary/aromatic N) is 2. The molecular formula is C24H21N4O3S-. The molecule has 4 aromatic rings. The molecule has 0 aliphatic carbocycles. The molecule has 7 nitrogen and oxygen atoms in total. The van der Waals surface area contributed by atoms with Crippen molar-refractivity contribution in [2.45, 2.75) is 18.7 Å². The standard InChI is InChI=1S/C24H22N4O3S/c1-15(17-5-3-2-4-6-17)26-22-20-12-11-19(13-21(20)27-28-23(22)24(25)29)18-9-7-16(8-10-18)14-32(30)31/h2-13,15H,14H2,1H3,(H2,25,29)(H,26,27)(H,30,31)/p-1/t15-/m1/s1. The quantitative estimate of drug-likeness (QED) is 0.416. The summed E-state index contributed by atoms with van der Waals surface area (Å²) >= 11 is -2.13. The second kappa shape index (κ2) is 9.25. The first-order chi connectivity index (χ1) is 15.4. The van der Waals surface area contributed by atoms with Gasteiger partial charge < -0.3 is 15.6 Å². The minimum atomic E-state index is -2.13. The van der Waals surface area contributed by atoms with Gasteiger partial charge in [0.2, 0.25) is 0 Å². The van der Waals surface area contributed by atoms with E-state index in [1.54, 1.807) is 12.1 Å². The smallest absolute Gasteiger partial charge is 0.271 e. The molecule has 162 valence electrons. The Labute approximate surface area is 188 Å². The summed E-state index contributed by atoms with van der Waals surface area (Å²) in [7, 11) is 0. The maximum atomic E-state index is 12.0. The van der Waals surface area contributed by atoms with Crippen LogP contribution in [-0.4, -0.2) is 24.9 Å². The first kappa shape index (κ1) is 21.6. The highest BCUT2D eigenvalue weighted by molar-refractivity contribution is 7.78.